The number of benzene rings is 1. The summed E-state index contributed by atoms with van der Waals surface area (Å²) >= 11 is 0. The van der Waals surface area contributed by atoms with Gasteiger partial charge in [0.25, 0.3) is 10.0 Å². The van der Waals surface area contributed by atoms with Crippen molar-refractivity contribution < 1.29 is 35.2 Å². The van der Waals surface area contributed by atoms with Gasteiger partial charge in [0.2, 0.25) is 15.1 Å². The number of halogens is 1. The lowest BCUT2D eigenvalue weighted by Gasteiger charge is -2.08. The Hall–Kier alpha value is -2.28. The second kappa shape index (κ2) is 7.76. The van der Waals surface area contributed by atoms with Gasteiger partial charge in [-0.1, -0.05) is 0 Å². The molecule has 2 rings (SSSR count). The lowest BCUT2D eigenvalue weighted by Crippen LogP contribution is -2.21. The number of rotatable bonds is 7. The van der Waals surface area contributed by atoms with E-state index in [1.165, 1.54) is 33.3 Å². The molecule has 27 heavy (non-hydrogen) atoms. The molecule has 2 aromatic rings. The summed E-state index contributed by atoms with van der Waals surface area (Å²) in [6.07, 6.45) is 0. The van der Waals surface area contributed by atoms with E-state index in [-0.39, 0.29) is 15.7 Å². The average Bonchev–Trinajstić information content (AvgIpc) is 3.09. The van der Waals surface area contributed by atoms with Crippen molar-refractivity contribution >= 4 is 26.0 Å². The highest BCUT2D eigenvalue weighted by atomic mass is 32.2. The predicted octanol–water partition coefficient (Wildman–Crippen LogP) is 0.934. The zero-order valence-corrected chi connectivity index (χ0v) is 16.2. The summed E-state index contributed by atoms with van der Waals surface area (Å²) in [5, 5.41) is -0.341. The normalized spacial score (nSPS) is 12.3. The van der Waals surface area contributed by atoms with Crippen molar-refractivity contribution in [1.82, 2.24) is 9.03 Å². The summed E-state index contributed by atoms with van der Waals surface area (Å²) in [7, 11) is -3.83. The molecule has 0 amide bonds. The molecular formula is C15H17FN2O7S2. The van der Waals surface area contributed by atoms with Gasteiger partial charge in [-0.25, -0.2) is 35.0 Å². The van der Waals surface area contributed by atoms with Crippen molar-refractivity contribution in [2.45, 2.75) is 16.6 Å². The number of ether oxygens (including phenoxy) is 1. The smallest absolute Gasteiger partial charge is 0.341 e. The third kappa shape index (κ3) is 4.53. The second-order valence-electron chi connectivity index (χ2n) is 5.43. The first-order valence-corrected chi connectivity index (χ1v) is 10.3. The first-order chi connectivity index (χ1) is 12.5. The molecule has 0 bridgehead atoms. The average molecular weight is 420 g/mol. The van der Waals surface area contributed by atoms with Gasteiger partial charge < -0.3 is 9.15 Å². The number of nitrogens with one attached hydrogen (secondary N) is 1. The van der Waals surface area contributed by atoms with Crippen molar-refractivity contribution in [3.8, 4) is 0 Å². The number of carbonyl (C=O) groups is 1. The van der Waals surface area contributed by atoms with Crippen LogP contribution in [0.25, 0.3) is 0 Å². The van der Waals surface area contributed by atoms with Crippen LogP contribution in [0.1, 0.15) is 16.1 Å². The Balaban J connectivity index is 2.18. The van der Waals surface area contributed by atoms with Crippen LogP contribution in [0.5, 0.6) is 0 Å². The van der Waals surface area contributed by atoms with Crippen LogP contribution in [-0.2, 0) is 31.4 Å². The molecule has 0 fully saturated rings. The highest BCUT2D eigenvalue weighted by Gasteiger charge is 2.23. The maximum absolute atomic E-state index is 13.9. The van der Waals surface area contributed by atoms with Crippen LogP contribution in [0.2, 0.25) is 0 Å². The number of hydrogen-bond donors (Lipinski definition) is 1. The fourth-order valence-electron chi connectivity index (χ4n) is 1.91. The van der Waals surface area contributed by atoms with Crippen molar-refractivity contribution in [2.24, 2.45) is 0 Å². The molecule has 1 N–H and O–H groups in total. The summed E-state index contributed by atoms with van der Waals surface area (Å²) in [5.41, 5.74) is -0.584. The number of hydrogen-bond acceptors (Lipinski definition) is 7. The predicted molar refractivity (Wildman–Crippen MR) is 91.3 cm³/mol. The van der Waals surface area contributed by atoms with Crippen molar-refractivity contribution in [3.63, 3.8) is 0 Å². The molecule has 9 nitrogen and oxygen atoms in total. The molecule has 0 aliphatic heterocycles. The van der Waals surface area contributed by atoms with Crippen LogP contribution < -0.4 is 4.72 Å². The minimum absolute atomic E-state index is 0.0168. The molecule has 0 radical (unpaired) electrons. The summed E-state index contributed by atoms with van der Waals surface area (Å²) in [6, 6.07) is 5.16. The number of carbonyl (C=O) groups excluding carboxylic acids is 1. The van der Waals surface area contributed by atoms with E-state index in [1.807, 2.05) is 4.72 Å². The molecular weight excluding hydrogens is 403 g/mol. The highest BCUT2D eigenvalue weighted by Crippen LogP contribution is 2.19. The van der Waals surface area contributed by atoms with Crippen molar-refractivity contribution in [1.29, 1.82) is 0 Å². The molecule has 1 heterocycles. The van der Waals surface area contributed by atoms with Gasteiger partial charge in [-0.2, -0.15) is 0 Å². The summed E-state index contributed by atoms with van der Waals surface area (Å²) in [4.78, 5) is 11.8. The van der Waals surface area contributed by atoms with E-state index in [0.29, 0.717) is 0 Å². The second-order valence-corrected chi connectivity index (χ2v) is 9.40. The van der Waals surface area contributed by atoms with Gasteiger partial charge in [0, 0.05) is 14.1 Å². The third-order valence-corrected chi connectivity index (χ3v) is 6.56. The molecule has 0 spiro atoms. The fourth-order valence-corrected chi connectivity index (χ4v) is 3.48. The third-order valence-electron chi connectivity index (χ3n) is 3.45. The van der Waals surface area contributed by atoms with Crippen LogP contribution in [0.3, 0.4) is 0 Å². The number of esters is 1. The number of sulfonamides is 2. The van der Waals surface area contributed by atoms with E-state index in [9.17, 15) is 26.0 Å². The van der Waals surface area contributed by atoms with Crippen LogP contribution in [0.15, 0.2) is 44.7 Å². The molecule has 12 heteroatoms. The van der Waals surface area contributed by atoms with E-state index < -0.39 is 44.0 Å². The Bertz CT molecular complexity index is 1060. The maximum atomic E-state index is 13.9. The molecule has 0 atom stereocenters. The maximum Gasteiger partial charge on any atom is 0.341 e. The summed E-state index contributed by atoms with van der Waals surface area (Å²) in [5.74, 6) is -2.08. The molecule has 0 unspecified atom stereocenters. The van der Waals surface area contributed by atoms with Gasteiger partial charge in [0.1, 0.15) is 18.2 Å². The molecule has 1 aromatic heterocycles. The topological polar surface area (TPSA) is 123 Å². The quantitative estimate of drug-likeness (QED) is 0.661. The molecule has 0 saturated carbocycles. The van der Waals surface area contributed by atoms with E-state index >= 15 is 0 Å². The first-order valence-electron chi connectivity index (χ1n) is 7.40. The van der Waals surface area contributed by atoms with Gasteiger partial charge in [0.05, 0.1) is 10.5 Å². The number of furan rings is 1. The van der Waals surface area contributed by atoms with Crippen LogP contribution in [0, 0.1) is 5.82 Å². The van der Waals surface area contributed by atoms with E-state index in [1.54, 1.807) is 0 Å². The summed E-state index contributed by atoms with van der Waals surface area (Å²) in [6.45, 7) is -0.468. The lowest BCUT2D eigenvalue weighted by molar-refractivity contribution is 0.0435. The zero-order valence-electron chi connectivity index (χ0n) is 14.6. The lowest BCUT2D eigenvalue weighted by atomic mass is 10.2. The fraction of sp³-hybridized carbons (Fsp3) is 0.267. The molecule has 1 aromatic carbocycles. The Morgan fingerprint density at radius 3 is 2.44 bits per heavy atom. The van der Waals surface area contributed by atoms with Crippen LogP contribution in [-0.4, -0.2) is 48.3 Å². The molecule has 0 saturated heterocycles. The molecule has 0 aliphatic rings. The first kappa shape index (κ1) is 21.0. The Labute approximate surface area is 155 Å². The van der Waals surface area contributed by atoms with Crippen LogP contribution >= 0.6 is 0 Å². The van der Waals surface area contributed by atoms with Gasteiger partial charge in [-0.3, -0.25) is 0 Å². The summed E-state index contributed by atoms with van der Waals surface area (Å²) < 4.78 is 74.2. The highest BCUT2D eigenvalue weighted by molar-refractivity contribution is 7.89. The Kier molecular flexibility index (Phi) is 6.04. The van der Waals surface area contributed by atoms with Crippen molar-refractivity contribution in [2.75, 3.05) is 21.1 Å². The van der Waals surface area contributed by atoms with Crippen molar-refractivity contribution in [3.05, 3.63) is 47.5 Å². The monoisotopic (exact) mass is 420 g/mol. The van der Waals surface area contributed by atoms with E-state index in [0.717, 1.165) is 22.5 Å². The minimum atomic E-state index is -3.87. The van der Waals surface area contributed by atoms with E-state index in [2.05, 4.69) is 0 Å². The van der Waals surface area contributed by atoms with Gasteiger partial charge in [-0.05, 0) is 37.4 Å². The van der Waals surface area contributed by atoms with E-state index in [4.69, 9.17) is 9.15 Å². The standard InChI is InChI=1S/C15H17FN2O7S2/c1-17-26(20,21)11-5-6-13(16)12(8-11)15(19)24-9-10-4-7-14(25-10)27(22,23)18(2)3/h4-8,17H,9H2,1-3H3. The Morgan fingerprint density at radius 1 is 1.19 bits per heavy atom. The SMILES string of the molecule is CNS(=O)(=O)c1ccc(F)c(C(=O)OCc2ccc(S(=O)(=O)N(C)C)o2)c1. The number of nitrogens with zero attached hydrogens (tertiary/aromatic N) is 1. The van der Waals surface area contributed by atoms with Gasteiger partial charge in [-0.15, -0.1) is 0 Å². The van der Waals surface area contributed by atoms with Gasteiger partial charge >= 0.3 is 5.97 Å². The van der Waals surface area contributed by atoms with Gasteiger partial charge in [0.15, 0.2) is 0 Å². The van der Waals surface area contributed by atoms with Crippen LogP contribution in [0.4, 0.5) is 4.39 Å². The largest absolute Gasteiger partial charge is 0.454 e. The minimum Gasteiger partial charge on any atom is -0.454 e. The zero-order chi connectivity index (χ0) is 20.4. The molecule has 148 valence electrons. The Morgan fingerprint density at radius 2 is 1.85 bits per heavy atom. The molecule has 0 aliphatic carbocycles.